The van der Waals surface area contributed by atoms with Gasteiger partial charge in [-0.05, 0) is 40.0 Å². The number of hydrogen-bond donors (Lipinski definition) is 1. The van der Waals surface area contributed by atoms with Gasteiger partial charge >= 0.3 is 0 Å². The molecular formula is C14H26N4O2. The quantitative estimate of drug-likeness (QED) is 0.896. The number of aromatic nitrogens is 2. The molecule has 1 aliphatic rings. The van der Waals surface area contributed by atoms with Gasteiger partial charge in [0.05, 0.1) is 18.1 Å². The minimum absolute atomic E-state index is 0.116. The fourth-order valence-corrected chi connectivity index (χ4v) is 2.64. The Hall–Kier alpha value is -0.980. The van der Waals surface area contributed by atoms with Crippen molar-refractivity contribution in [2.45, 2.75) is 44.8 Å². The summed E-state index contributed by atoms with van der Waals surface area (Å²) in [7, 11) is 4.22. The molecule has 0 radical (unpaired) electrons. The summed E-state index contributed by atoms with van der Waals surface area (Å²) in [6.45, 7) is 6.91. The molecule has 0 amide bonds. The van der Waals surface area contributed by atoms with Crippen LogP contribution in [0.4, 0.5) is 0 Å². The molecule has 0 saturated carbocycles. The fourth-order valence-electron chi connectivity index (χ4n) is 2.64. The van der Waals surface area contributed by atoms with Gasteiger partial charge in [0.25, 0.3) is 0 Å². The lowest BCUT2D eigenvalue weighted by Gasteiger charge is -2.24. The van der Waals surface area contributed by atoms with Gasteiger partial charge in [-0.2, -0.15) is 4.98 Å². The molecule has 0 spiro atoms. The van der Waals surface area contributed by atoms with Gasteiger partial charge in [-0.3, -0.25) is 4.90 Å². The Labute approximate surface area is 120 Å². The first-order chi connectivity index (χ1) is 9.52. The monoisotopic (exact) mass is 282 g/mol. The van der Waals surface area contributed by atoms with Gasteiger partial charge in [0.1, 0.15) is 0 Å². The zero-order valence-electron chi connectivity index (χ0n) is 12.9. The van der Waals surface area contributed by atoms with Crippen LogP contribution < -0.4 is 0 Å². The molecule has 114 valence electrons. The Morgan fingerprint density at radius 2 is 2.15 bits per heavy atom. The first kappa shape index (κ1) is 15.4. The second-order valence-corrected chi connectivity index (χ2v) is 5.87. The van der Waals surface area contributed by atoms with Crippen molar-refractivity contribution in [3.8, 4) is 0 Å². The standard InChI is InChI=1S/C14H26N4O2/c1-5-12(19)10(2)14-15-13(16-20-14)11-9-17(3)7-6-8-18(11)4/h10-12,19H,5-9H2,1-4H3. The fraction of sp³-hybridized carbons (Fsp3) is 0.857. The Kier molecular flexibility index (Phi) is 5.12. The summed E-state index contributed by atoms with van der Waals surface area (Å²) in [4.78, 5) is 9.10. The van der Waals surface area contributed by atoms with E-state index in [-0.39, 0.29) is 12.0 Å². The average molecular weight is 282 g/mol. The molecule has 3 atom stereocenters. The van der Waals surface area contributed by atoms with Gasteiger partial charge in [-0.15, -0.1) is 0 Å². The first-order valence-corrected chi connectivity index (χ1v) is 7.43. The molecule has 1 aliphatic heterocycles. The van der Waals surface area contributed by atoms with Crippen LogP contribution in [-0.4, -0.2) is 64.9 Å². The third-order valence-electron chi connectivity index (χ3n) is 4.21. The number of aliphatic hydroxyl groups is 1. The van der Waals surface area contributed by atoms with Crippen molar-refractivity contribution in [3.63, 3.8) is 0 Å². The minimum Gasteiger partial charge on any atom is -0.392 e. The zero-order chi connectivity index (χ0) is 14.7. The van der Waals surface area contributed by atoms with Gasteiger partial charge in [-0.1, -0.05) is 19.0 Å². The van der Waals surface area contributed by atoms with Crippen LogP contribution in [0.1, 0.15) is 50.4 Å². The maximum absolute atomic E-state index is 9.89. The van der Waals surface area contributed by atoms with Crippen molar-refractivity contribution < 1.29 is 9.63 Å². The van der Waals surface area contributed by atoms with Crippen LogP contribution in [0.3, 0.4) is 0 Å². The van der Waals surface area contributed by atoms with E-state index in [2.05, 4.69) is 34.0 Å². The van der Waals surface area contributed by atoms with Gasteiger partial charge in [0.15, 0.2) is 5.82 Å². The molecule has 20 heavy (non-hydrogen) atoms. The van der Waals surface area contributed by atoms with Crippen molar-refractivity contribution in [1.29, 1.82) is 0 Å². The summed E-state index contributed by atoms with van der Waals surface area (Å²) >= 11 is 0. The Morgan fingerprint density at radius 1 is 1.40 bits per heavy atom. The number of aliphatic hydroxyl groups excluding tert-OH is 1. The van der Waals surface area contributed by atoms with Crippen LogP contribution in [0.15, 0.2) is 4.52 Å². The summed E-state index contributed by atoms with van der Waals surface area (Å²) in [5, 5.41) is 14.0. The van der Waals surface area contributed by atoms with E-state index in [1.54, 1.807) is 0 Å². The van der Waals surface area contributed by atoms with E-state index in [9.17, 15) is 5.11 Å². The maximum Gasteiger partial charge on any atom is 0.232 e. The van der Waals surface area contributed by atoms with Crippen LogP contribution in [0.5, 0.6) is 0 Å². The van der Waals surface area contributed by atoms with Gasteiger partial charge in [0.2, 0.25) is 5.89 Å². The lowest BCUT2D eigenvalue weighted by Crippen LogP contribution is -2.31. The number of nitrogens with zero attached hydrogens (tertiary/aromatic N) is 4. The molecule has 6 heteroatoms. The second kappa shape index (κ2) is 6.65. The highest BCUT2D eigenvalue weighted by Crippen LogP contribution is 2.24. The van der Waals surface area contributed by atoms with Crippen LogP contribution >= 0.6 is 0 Å². The molecule has 0 aliphatic carbocycles. The van der Waals surface area contributed by atoms with E-state index < -0.39 is 6.10 Å². The van der Waals surface area contributed by atoms with Crippen LogP contribution in [0, 0.1) is 0 Å². The largest absolute Gasteiger partial charge is 0.392 e. The minimum atomic E-state index is -0.433. The molecule has 1 aromatic heterocycles. The summed E-state index contributed by atoms with van der Waals surface area (Å²) in [6.07, 6.45) is 1.40. The summed E-state index contributed by atoms with van der Waals surface area (Å²) in [6, 6.07) is 0.158. The lowest BCUT2D eigenvalue weighted by molar-refractivity contribution is 0.129. The van der Waals surface area contributed by atoms with Crippen molar-refractivity contribution in [3.05, 3.63) is 11.7 Å². The summed E-state index contributed by atoms with van der Waals surface area (Å²) in [5.74, 6) is 1.15. The average Bonchev–Trinajstić information content (AvgIpc) is 2.85. The van der Waals surface area contributed by atoms with E-state index in [1.807, 2.05) is 13.8 Å². The maximum atomic E-state index is 9.89. The van der Waals surface area contributed by atoms with E-state index >= 15 is 0 Å². The number of hydrogen-bond acceptors (Lipinski definition) is 6. The predicted molar refractivity (Wildman–Crippen MR) is 76.5 cm³/mol. The van der Waals surface area contributed by atoms with Gasteiger partial charge in [-0.25, -0.2) is 0 Å². The van der Waals surface area contributed by atoms with Crippen molar-refractivity contribution >= 4 is 0 Å². The molecule has 0 aromatic carbocycles. The molecule has 1 fully saturated rings. The third kappa shape index (κ3) is 3.37. The van der Waals surface area contributed by atoms with Crippen LogP contribution in [0.25, 0.3) is 0 Å². The molecule has 2 heterocycles. The second-order valence-electron chi connectivity index (χ2n) is 5.87. The van der Waals surface area contributed by atoms with Crippen LogP contribution in [-0.2, 0) is 0 Å². The molecular weight excluding hydrogens is 256 g/mol. The van der Waals surface area contributed by atoms with Crippen molar-refractivity contribution in [1.82, 2.24) is 19.9 Å². The van der Waals surface area contributed by atoms with Gasteiger partial charge in [0, 0.05) is 6.54 Å². The number of likely N-dealkylation sites (N-methyl/N-ethyl adjacent to an activating group) is 2. The highest BCUT2D eigenvalue weighted by atomic mass is 16.5. The summed E-state index contributed by atoms with van der Waals surface area (Å²) < 4.78 is 5.36. The molecule has 1 saturated heterocycles. The van der Waals surface area contributed by atoms with Crippen molar-refractivity contribution in [2.24, 2.45) is 0 Å². The Morgan fingerprint density at radius 3 is 2.85 bits per heavy atom. The lowest BCUT2D eigenvalue weighted by atomic mass is 10.0. The zero-order valence-corrected chi connectivity index (χ0v) is 12.9. The molecule has 1 aromatic rings. The van der Waals surface area contributed by atoms with E-state index in [1.165, 1.54) is 0 Å². The normalized spacial score (nSPS) is 25.4. The predicted octanol–water partition coefficient (Wildman–Crippen LogP) is 1.25. The smallest absolute Gasteiger partial charge is 0.232 e. The van der Waals surface area contributed by atoms with Gasteiger partial charge < -0.3 is 14.5 Å². The Bertz CT molecular complexity index is 423. The summed E-state index contributed by atoms with van der Waals surface area (Å²) in [5.41, 5.74) is 0. The van der Waals surface area contributed by atoms with E-state index in [0.717, 1.165) is 31.9 Å². The van der Waals surface area contributed by atoms with Crippen molar-refractivity contribution in [2.75, 3.05) is 33.7 Å². The SMILES string of the molecule is CCC(O)C(C)c1nc(C2CN(C)CCCN2C)no1. The highest BCUT2D eigenvalue weighted by Gasteiger charge is 2.28. The number of rotatable bonds is 4. The molecule has 2 rings (SSSR count). The highest BCUT2D eigenvalue weighted by molar-refractivity contribution is 5.01. The molecule has 1 N–H and O–H groups in total. The third-order valence-corrected chi connectivity index (χ3v) is 4.21. The van der Waals surface area contributed by atoms with Crippen LogP contribution in [0.2, 0.25) is 0 Å². The molecule has 3 unspecified atom stereocenters. The topological polar surface area (TPSA) is 65.6 Å². The Balaban J connectivity index is 2.14. The van der Waals surface area contributed by atoms with E-state index in [4.69, 9.17) is 4.52 Å². The first-order valence-electron chi connectivity index (χ1n) is 7.43. The molecule has 0 bridgehead atoms. The molecule has 6 nitrogen and oxygen atoms in total. The van der Waals surface area contributed by atoms with E-state index in [0.29, 0.717) is 12.3 Å².